The Bertz CT molecular complexity index is 274. The Kier molecular flexibility index (Phi) is 2.47. The largest absolute Gasteiger partial charge is 0.476 e. The van der Waals surface area contributed by atoms with Crippen LogP contribution in [0.5, 0.6) is 5.88 Å². The normalized spacial score (nSPS) is 20.6. The Balaban J connectivity index is 0.000000720. The number of anilines is 1. The van der Waals surface area contributed by atoms with Gasteiger partial charge in [-0.1, -0.05) is 6.92 Å². The van der Waals surface area contributed by atoms with Crippen molar-refractivity contribution in [2.75, 3.05) is 12.3 Å². The summed E-state index contributed by atoms with van der Waals surface area (Å²) >= 11 is 0. The fourth-order valence-corrected chi connectivity index (χ4v) is 1.25. The van der Waals surface area contributed by atoms with Crippen molar-refractivity contribution in [1.29, 1.82) is 0 Å². The monoisotopic (exact) mass is 189 g/mol. The topological polar surface area (TPSA) is 53.1 Å². The molecule has 2 heterocycles. The van der Waals surface area contributed by atoms with Crippen LogP contribution in [0.1, 0.15) is 6.92 Å². The molecule has 12 heavy (non-hydrogen) atoms. The Labute approximate surface area is 77.1 Å². The molecular weight excluding hydrogens is 178 g/mol. The molecule has 0 radical (unpaired) electrons. The summed E-state index contributed by atoms with van der Waals surface area (Å²) in [6.45, 7) is 3.78. The van der Waals surface area contributed by atoms with Crippen molar-refractivity contribution in [1.82, 2.24) is 9.78 Å². The highest BCUT2D eigenvalue weighted by Crippen LogP contribution is 2.25. The second kappa shape index (κ2) is 3.23. The number of rotatable bonds is 0. The summed E-state index contributed by atoms with van der Waals surface area (Å²) in [5.74, 6) is 1.25. The van der Waals surface area contributed by atoms with Gasteiger partial charge in [-0.3, -0.25) is 0 Å². The molecule has 0 spiro atoms. The van der Waals surface area contributed by atoms with E-state index in [0.717, 1.165) is 19.0 Å². The highest BCUT2D eigenvalue weighted by Gasteiger charge is 2.18. The minimum absolute atomic E-state index is 0. The van der Waals surface area contributed by atoms with Crippen molar-refractivity contribution in [2.45, 2.75) is 13.5 Å². The summed E-state index contributed by atoms with van der Waals surface area (Å²) < 4.78 is 7.19. The molecule has 0 aromatic carbocycles. The fraction of sp³-hybridized carbons (Fsp3) is 0.571. The van der Waals surface area contributed by atoms with Crippen LogP contribution in [0.4, 0.5) is 5.69 Å². The minimum atomic E-state index is 0. The summed E-state index contributed by atoms with van der Waals surface area (Å²) in [7, 11) is 0. The van der Waals surface area contributed by atoms with Crippen molar-refractivity contribution >= 4 is 18.1 Å². The molecule has 1 aromatic heterocycles. The van der Waals surface area contributed by atoms with Crippen molar-refractivity contribution in [3.05, 3.63) is 6.20 Å². The van der Waals surface area contributed by atoms with E-state index in [2.05, 4.69) is 12.0 Å². The van der Waals surface area contributed by atoms with E-state index in [1.165, 1.54) is 0 Å². The van der Waals surface area contributed by atoms with Gasteiger partial charge in [-0.2, -0.15) is 5.10 Å². The van der Waals surface area contributed by atoms with Gasteiger partial charge in [0.25, 0.3) is 0 Å². The molecule has 1 unspecified atom stereocenters. The second-order valence-electron chi connectivity index (χ2n) is 3.00. The number of fused-ring (bicyclic) bond motifs is 1. The Morgan fingerprint density at radius 3 is 3.25 bits per heavy atom. The molecule has 0 amide bonds. The molecule has 5 heteroatoms. The lowest BCUT2D eigenvalue weighted by atomic mass is 10.2. The van der Waals surface area contributed by atoms with Crippen LogP contribution in [0.3, 0.4) is 0 Å². The zero-order chi connectivity index (χ0) is 7.84. The molecule has 0 fully saturated rings. The zero-order valence-corrected chi connectivity index (χ0v) is 7.67. The van der Waals surface area contributed by atoms with Crippen LogP contribution >= 0.6 is 12.4 Å². The Morgan fingerprint density at radius 2 is 2.50 bits per heavy atom. The number of halogens is 1. The molecule has 1 atom stereocenters. The van der Waals surface area contributed by atoms with Crippen molar-refractivity contribution in [3.63, 3.8) is 0 Å². The third kappa shape index (κ3) is 1.34. The average Bonchev–Trinajstić information content (AvgIpc) is 2.32. The first-order valence-corrected chi connectivity index (χ1v) is 3.71. The predicted octanol–water partition coefficient (Wildman–Crippen LogP) is 0.916. The van der Waals surface area contributed by atoms with E-state index in [1.807, 2.05) is 4.68 Å². The first-order chi connectivity index (χ1) is 5.27. The van der Waals surface area contributed by atoms with Crippen LogP contribution in [-0.4, -0.2) is 16.4 Å². The van der Waals surface area contributed by atoms with Gasteiger partial charge in [0, 0.05) is 5.92 Å². The van der Waals surface area contributed by atoms with Gasteiger partial charge in [0.15, 0.2) is 0 Å². The minimum Gasteiger partial charge on any atom is -0.476 e. The first-order valence-electron chi connectivity index (χ1n) is 3.71. The zero-order valence-electron chi connectivity index (χ0n) is 6.86. The quantitative estimate of drug-likeness (QED) is 0.660. The van der Waals surface area contributed by atoms with Crippen molar-refractivity contribution < 1.29 is 4.74 Å². The molecule has 4 nitrogen and oxygen atoms in total. The number of nitrogen functional groups attached to an aromatic ring is 1. The number of aromatic nitrogens is 2. The van der Waals surface area contributed by atoms with Crippen LogP contribution in [0.15, 0.2) is 6.20 Å². The molecule has 68 valence electrons. The van der Waals surface area contributed by atoms with Gasteiger partial charge in [0.05, 0.1) is 19.3 Å². The number of ether oxygens (including phenoxy) is 1. The standard InChI is InChI=1S/C7H11N3O.ClH/c1-5-3-10-7(11-4-5)6(8)2-9-10;/h2,5H,3-4,8H2,1H3;1H. The van der Waals surface area contributed by atoms with Gasteiger partial charge >= 0.3 is 0 Å². The van der Waals surface area contributed by atoms with E-state index in [1.54, 1.807) is 6.20 Å². The predicted molar refractivity (Wildman–Crippen MR) is 48.5 cm³/mol. The van der Waals surface area contributed by atoms with Gasteiger partial charge in [-0.15, -0.1) is 12.4 Å². The molecule has 0 saturated carbocycles. The average molecular weight is 190 g/mol. The molecule has 0 bridgehead atoms. The number of nitrogens with two attached hydrogens (primary N) is 1. The van der Waals surface area contributed by atoms with Gasteiger partial charge in [0.2, 0.25) is 5.88 Å². The van der Waals surface area contributed by atoms with Crippen LogP contribution in [0, 0.1) is 5.92 Å². The van der Waals surface area contributed by atoms with E-state index < -0.39 is 0 Å². The van der Waals surface area contributed by atoms with Crippen molar-refractivity contribution in [3.8, 4) is 5.88 Å². The molecule has 2 rings (SSSR count). The van der Waals surface area contributed by atoms with Gasteiger partial charge in [-0.05, 0) is 0 Å². The van der Waals surface area contributed by atoms with Crippen LogP contribution < -0.4 is 10.5 Å². The van der Waals surface area contributed by atoms with E-state index in [0.29, 0.717) is 11.6 Å². The maximum atomic E-state index is 5.60. The van der Waals surface area contributed by atoms with Gasteiger partial charge in [-0.25, -0.2) is 4.68 Å². The SMILES string of the molecule is CC1COc2c(N)cnn2C1.Cl. The Morgan fingerprint density at radius 1 is 1.75 bits per heavy atom. The summed E-state index contributed by atoms with van der Waals surface area (Å²) in [6.07, 6.45) is 1.63. The van der Waals surface area contributed by atoms with E-state index >= 15 is 0 Å². The molecule has 1 aliphatic heterocycles. The number of nitrogens with zero attached hydrogens (tertiary/aromatic N) is 2. The molecular formula is C7H12ClN3O. The molecule has 2 N–H and O–H groups in total. The second-order valence-corrected chi connectivity index (χ2v) is 3.00. The van der Waals surface area contributed by atoms with E-state index in [-0.39, 0.29) is 12.4 Å². The summed E-state index contributed by atoms with van der Waals surface area (Å²) in [5.41, 5.74) is 6.23. The highest BCUT2D eigenvalue weighted by atomic mass is 35.5. The molecule has 1 aliphatic rings. The van der Waals surface area contributed by atoms with Crippen molar-refractivity contribution in [2.24, 2.45) is 5.92 Å². The van der Waals surface area contributed by atoms with E-state index in [4.69, 9.17) is 10.5 Å². The fourth-order valence-electron chi connectivity index (χ4n) is 1.25. The van der Waals surface area contributed by atoms with Gasteiger partial charge < -0.3 is 10.5 Å². The lowest BCUT2D eigenvalue weighted by Gasteiger charge is -2.20. The molecule has 0 aliphatic carbocycles. The highest BCUT2D eigenvalue weighted by molar-refractivity contribution is 5.85. The maximum Gasteiger partial charge on any atom is 0.235 e. The summed E-state index contributed by atoms with van der Waals surface area (Å²) in [6, 6.07) is 0. The van der Waals surface area contributed by atoms with Crippen LogP contribution in [-0.2, 0) is 6.54 Å². The third-order valence-electron chi connectivity index (χ3n) is 1.81. The first kappa shape index (κ1) is 9.19. The Hall–Kier alpha value is -0.900. The smallest absolute Gasteiger partial charge is 0.235 e. The number of hydrogen-bond donors (Lipinski definition) is 1. The maximum absolute atomic E-state index is 5.60. The number of hydrogen-bond acceptors (Lipinski definition) is 3. The molecule has 1 aromatic rings. The lowest BCUT2D eigenvalue weighted by Crippen LogP contribution is -2.23. The lowest BCUT2D eigenvalue weighted by molar-refractivity contribution is 0.176. The third-order valence-corrected chi connectivity index (χ3v) is 1.81. The summed E-state index contributed by atoms with van der Waals surface area (Å²) in [4.78, 5) is 0. The van der Waals surface area contributed by atoms with Gasteiger partial charge in [0.1, 0.15) is 5.69 Å². The van der Waals surface area contributed by atoms with Crippen LogP contribution in [0.2, 0.25) is 0 Å². The van der Waals surface area contributed by atoms with E-state index in [9.17, 15) is 0 Å². The molecule has 0 saturated heterocycles. The van der Waals surface area contributed by atoms with Crippen LogP contribution in [0.25, 0.3) is 0 Å². The summed E-state index contributed by atoms with van der Waals surface area (Å²) in [5, 5.41) is 4.07.